The topological polar surface area (TPSA) is 61.9 Å². The molecule has 2 amide bonds. The molecule has 4 rings (SSSR count). The van der Waals surface area contributed by atoms with Crippen molar-refractivity contribution in [3.05, 3.63) is 46.2 Å². The molecule has 1 fully saturated rings. The lowest BCUT2D eigenvalue weighted by atomic mass is 10.1. The Kier molecular flexibility index (Phi) is 6.08. The number of benzene rings is 1. The number of nitrogens with zero attached hydrogens (tertiary/aromatic N) is 2. The van der Waals surface area contributed by atoms with Crippen LogP contribution in [0.4, 0.5) is 29.3 Å². The summed E-state index contributed by atoms with van der Waals surface area (Å²) in [6, 6.07) is 8.73. The Morgan fingerprint density at radius 3 is 2.68 bits per heavy atom. The van der Waals surface area contributed by atoms with E-state index in [1.807, 2.05) is 12.1 Å². The molecule has 0 spiro atoms. The van der Waals surface area contributed by atoms with Gasteiger partial charge in [0.2, 0.25) is 5.91 Å². The van der Waals surface area contributed by atoms with E-state index in [1.165, 1.54) is 10.4 Å². The first-order valence-corrected chi connectivity index (χ1v) is 10.9. The first-order chi connectivity index (χ1) is 14.8. The summed E-state index contributed by atoms with van der Waals surface area (Å²) in [4.78, 5) is 29.4. The van der Waals surface area contributed by atoms with E-state index in [1.54, 1.807) is 23.5 Å². The van der Waals surface area contributed by atoms with Crippen LogP contribution >= 0.6 is 11.3 Å². The van der Waals surface area contributed by atoms with E-state index in [0.717, 1.165) is 30.1 Å². The number of anilines is 2. The molecule has 0 radical (unpaired) electrons. The fourth-order valence-corrected chi connectivity index (χ4v) is 4.82. The summed E-state index contributed by atoms with van der Waals surface area (Å²) in [5, 5.41) is 4.86. The van der Waals surface area contributed by atoms with Crippen LogP contribution in [-0.2, 0) is 22.5 Å². The van der Waals surface area contributed by atoms with Crippen LogP contribution in [0.15, 0.2) is 35.7 Å². The summed E-state index contributed by atoms with van der Waals surface area (Å²) in [6.07, 6.45) is -3.82. The van der Waals surface area contributed by atoms with Crippen molar-refractivity contribution in [2.75, 3.05) is 29.9 Å². The molecular weight excluding hydrogens is 431 g/mol. The minimum absolute atomic E-state index is 0.188. The van der Waals surface area contributed by atoms with Crippen molar-refractivity contribution >= 4 is 34.7 Å². The summed E-state index contributed by atoms with van der Waals surface area (Å²) in [5.74, 6) is -0.435. The van der Waals surface area contributed by atoms with Gasteiger partial charge >= 0.3 is 12.3 Å². The number of nitrogens with one attached hydrogen (secondary N) is 1. The van der Waals surface area contributed by atoms with Crippen LogP contribution in [0.2, 0.25) is 0 Å². The maximum atomic E-state index is 12.6. The number of ether oxygens (including phenoxy) is 1. The van der Waals surface area contributed by atoms with Gasteiger partial charge in [-0.1, -0.05) is 0 Å². The molecule has 0 bridgehead atoms. The van der Waals surface area contributed by atoms with Crippen molar-refractivity contribution in [2.45, 2.75) is 38.0 Å². The number of carbonyl (C=O) groups excluding carboxylic acids is 2. The summed E-state index contributed by atoms with van der Waals surface area (Å²) >= 11 is 1.78. The molecular formula is C21H22F3N3O3S. The van der Waals surface area contributed by atoms with Gasteiger partial charge in [0.15, 0.2) is 6.61 Å². The molecule has 1 N–H and O–H groups in total. The zero-order valence-corrected chi connectivity index (χ0v) is 17.5. The minimum atomic E-state index is -4.60. The zero-order valence-electron chi connectivity index (χ0n) is 16.7. The maximum absolute atomic E-state index is 12.6. The second-order valence-corrected chi connectivity index (χ2v) is 8.60. The van der Waals surface area contributed by atoms with Gasteiger partial charge in [0.05, 0.1) is 0 Å². The number of halogens is 3. The number of thiophene rings is 1. The number of alkyl halides is 3. The van der Waals surface area contributed by atoms with Gasteiger partial charge in [-0.2, -0.15) is 13.2 Å². The van der Waals surface area contributed by atoms with E-state index in [4.69, 9.17) is 0 Å². The highest BCUT2D eigenvalue weighted by molar-refractivity contribution is 7.10. The third-order valence-electron chi connectivity index (χ3n) is 5.46. The van der Waals surface area contributed by atoms with Crippen LogP contribution in [0.25, 0.3) is 0 Å². The Labute approximate surface area is 181 Å². The molecule has 1 aromatic heterocycles. The van der Waals surface area contributed by atoms with Crippen LogP contribution in [0, 0.1) is 0 Å². The van der Waals surface area contributed by atoms with E-state index in [0.29, 0.717) is 18.5 Å². The van der Waals surface area contributed by atoms with E-state index >= 15 is 0 Å². The van der Waals surface area contributed by atoms with Crippen molar-refractivity contribution in [3.63, 3.8) is 0 Å². The zero-order chi connectivity index (χ0) is 22.0. The largest absolute Gasteiger partial charge is 0.440 e. The van der Waals surface area contributed by atoms with Gasteiger partial charge in [-0.15, -0.1) is 11.3 Å². The number of fused-ring (bicyclic) bond motifs is 1. The summed E-state index contributed by atoms with van der Waals surface area (Å²) in [7, 11) is 0. The van der Waals surface area contributed by atoms with Gasteiger partial charge in [0, 0.05) is 35.9 Å². The quantitative estimate of drug-likeness (QED) is 0.745. The lowest BCUT2D eigenvalue weighted by Gasteiger charge is -2.29. The van der Waals surface area contributed by atoms with E-state index in [-0.39, 0.29) is 6.54 Å². The number of rotatable bonds is 4. The van der Waals surface area contributed by atoms with Gasteiger partial charge in [-0.3, -0.25) is 9.69 Å². The molecule has 2 aliphatic rings. The summed E-state index contributed by atoms with van der Waals surface area (Å²) in [6.45, 7) is 0.298. The van der Waals surface area contributed by atoms with Gasteiger partial charge in [-0.25, -0.2) is 4.79 Å². The summed E-state index contributed by atoms with van der Waals surface area (Å²) < 4.78 is 41.2. The molecule has 1 atom stereocenters. The highest BCUT2D eigenvalue weighted by Crippen LogP contribution is 2.29. The van der Waals surface area contributed by atoms with Crippen LogP contribution in [0.3, 0.4) is 0 Å². The normalized spacial score (nSPS) is 18.6. The SMILES string of the molecule is O=C(Nc1ccc(N2CCc3sccc3C2)cc1)C1CCCN1C(=O)OCC(F)(F)F. The van der Waals surface area contributed by atoms with Crippen LogP contribution in [0.5, 0.6) is 0 Å². The smallest absolute Gasteiger partial charge is 0.422 e. The van der Waals surface area contributed by atoms with Crippen molar-refractivity contribution in [3.8, 4) is 0 Å². The Hall–Kier alpha value is -2.75. The predicted molar refractivity (Wildman–Crippen MR) is 111 cm³/mol. The minimum Gasteiger partial charge on any atom is -0.440 e. The third kappa shape index (κ3) is 5.12. The molecule has 0 aliphatic carbocycles. The monoisotopic (exact) mass is 453 g/mol. The Morgan fingerprint density at radius 1 is 1.16 bits per heavy atom. The lowest BCUT2D eigenvalue weighted by Crippen LogP contribution is -2.44. The predicted octanol–water partition coefficient (Wildman–Crippen LogP) is 4.41. The molecule has 31 heavy (non-hydrogen) atoms. The van der Waals surface area contributed by atoms with Crippen LogP contribution in [-0.4, -0.2) is 48.8 Å². The van der Waals surface area contributed by atoms with E-state index in [9.17, 15) is 22.8 Å². The standard InChI is InChI=1S/C21H22F3N3O3S/c22-21(23,24)13-30-20(29)27-9-1-2-17(27)19(28)25-15-3-5-16(6-4-15)26-10-7-18-14(12-26)8-11-31-18/h3-6,8,11,17H,1-2,7,9-10,12-13H2,(H,25,28). The molecule has 10 heteroatoms. The number of hydrogen-bond donors (Lipinski definition) is 1. The first kappa shape index (κ1) is 21.5. The number of amides is 2. The van der Waals surface area contributed by atoms with Crippen LogP contribution in [0.1, 0.15) is 23.3 Å². The van der Waals surface area contributed by atoms with E-state index in [2.05, 4.69) is 26.4 Å². The van der Waals surface area contributed by atoms with Crippen molar-refractivity contribution in [1.82, 2.24) is 4.90 Å². The number of likely N-dealkylation sites (tertiary alicyclic amines) is 1. The maximum Gasteiger partial charge on any atom is 0.422 e. The molecule has 1 unspecified atom stereocenters. The molecule has 6 nitrogen and oxygen atoms in total. The van der Waals surface area contributed by atoms with E-state index < -0.39 is 30.8 Å². The first-order valence-electron chi connectivity index (χ1n) is 10.0. The lowest BCUT2D eigenvalue weighted by molar-refractivity contribution is -0.162. The second kappa shape index (κ2) is 8.78. The molecule has 0 saturated carbocycles. The number of carbonyl (C=O) groups is 2. The van der Waals surface area contributed by atoms with Gasteiger partial charge < -0.3 is 15.0 Å². The molecule has 2 aromatic rings. The third-order valence-corrected chi connectivity index (χ3v) is 6.48. The Morgan fingerprint density at radius 2 is 1.94 bits per heavy atom. The fourth-order valence-electron chi connectivity index (χ4n) is 3.93. The Balaban J connectivity index is 1.34. The highest BCUT2D eigenvalue weighted by Gasteiger charge is 2.37. The number of hydrogen-bond acceptors (Lipinski definition) is 5. The average molecular weight is 453 g/mol. The van der Waals surface area contributed by atoms with Gasteiger partial charge in [-0.05, 0) is 60.5 Å². The molecule has 2 aliphatic heterocycles. The molecule has 1 aromatic carbocycles. The molecule has 3 heterocycles. The van der Waals surface area contributed by atoms with Gasteiger partial charge in [0.25, 0.3) is 0 Å². The van der Waals surface area contributed by atoms with Crippen LogP contribution < -0.4 is 10.2 Å². The van der Waals surface area contributed by atoms with Crippen molar-refractivity contribution < 1.29 is 27.5 Å². The average Bonchev–Trinajstić information content (AvgIpc) is 3.41. The highest BCUT2D eigenvalue weighted by atomic mass is 32.1. The Bertz CT molecular complexity index is 945. The summed E-state index contributed by atoms with van der Waals surface area (Å²) in [5.41, 5.74) is 2.96. The molecule has 1 saturated heterocycles. The second-order valence-electron chi connectivity index (χ2n) is 7.60. The van der Waals surface area contributed by atoms with Crippen molar-refractivity contribution in [1.29, 1.82) is 0 Å². The van der Waals surface area contributed by atoms with Crippen molar-refractivity contribution in [2.24, 2.45) is 0 Å². The fraction of sp³-hybridized carbons (Fsp3) is 0.429. The van der Waals surface area contributed by atoms with Gasteiger partial charge in [0.1, 0.15) is 6.04 Å². The molecule has 166 valence electrons.